The fourth-order valence-electron chi connectivity index (χ4n) is 4.58. The third kappa shape index (κ3) is 8.94. The summed E-state index contributed by atoms with van der Waals surface area (Å²) in [5.74, 6) is -2.99. The number of amides is 2. The number of nitrogens with one attached hydrogen (secondary N) is 1. The van der Waals surface area contributed by atoms with Crippen LogP contribution in [0.25, 0.3) is 0 Å². The van der Waals surface area contributed by atoms with Crippen LogP contribution in [0.5, 0.6) is 11.5 Å². The van der Waals surface area contributed by atoms with Gasteiger partial charge in [-0.25, -0.2) is 8.42 Å². The molecule has 3 rings (SSSR count). The van der Waals surface area contributed by atoms with Crippen molar-refractivity contribution >= 4 is 33.3 Å². The van der Waals surface area contributed by atoms with E-state index in [2.05, 4.69) is 15.0 Å². The molecule has 1 unspecified atom stereocenters. The van der Waals surface area contributed by atoms with Gasteiger partial charge in [-0.1, -0.05) is 12.1 Å². The second-order valence-electron chi connectivity index (χ2n) is 10.5. The van der Waals surface area contributed by atoms with Crippen molar-refractivity contribution in [3.63, 3.8) is 0 Å². The SMILES string of the molecule is CCOc1cc(C(CS(C)(=O)=O)N2C(=O)c3cccc(N[C@@H](O)COC(=O)C(C)(CO[N+](=O)[O-])CO[N+](=O)[O-])c3C2=O)ccc1OC. The Morgan fingerprint density at radius 2 is 1.70 bits per heavy atom. The summed E-state index contributed by atoms with van der Waals surface area (Å²) >= 11 is 0. The van der Waals surface area contributed by atoms with Crippen molar-refractivity contribution in [1.82, 2.24) is 4.90 Å². The summed E-state index contributed by atoms with van der Waals surface area (Å²) in [5.41, 5.74) is -2.16. The molecule has 0 spiro atoms. The quantitative estimate of drug-likeness (QED) is 0.0734. The molecule has 0 bridgehead atoms. The number of fused-ring (bicyclic) bond motifs is 1. The Labute approximate surface area is 267 Å². The maximum atomic E-state index is 13.8. The average molecular weight is 685 g/mol. The molecule has 2 aromatic rings. The van der Waals surface area contributed by atoms with E-state index < -0.39 is 81.1 Å². The van der Waals surface area contributed by atoms with E-state index >= 15 is 0 Å². The minimum Gasteiger partial charge on any atom is -0.493 e. The van der Waals surface area contributed by atoms with E-state index in [-0.39, 0.29) is 34.7 Å². The summed E-state index contributed by atoms with van der Waals surface area (Å²) in [6.07, 6.45) is -0.782. The molecule has 20 heteroatoms. The highest BCUT2D eigenvalue weighted by molar-refractivity contribution is 7.90. The number of hydrogen-bond donors (Lipinski definition) is 2. The minimum absolute atomic E-state index is 0.0779. The average Bonchev–Trinajstić information content (AvgIpc) is 3.26. The summed E-state index contributed by atoms with van der Waals surface area (Å²) < 4.78 is 40.8. The van der Waals surface area contributed by atoms with Crippen molar-refractivity contribution in [2.24, 2.45) is 5.41 Å². The van der Waals surface area contributed by atoms with Crippen molar-refractivity contribution in [2.45, 2.75) is 26.1 Å². The zero-order valence-corrected chi connectivity index (χ0v) is 26.4. The molecular formula is C27H32N4O15S. The molecule has 2 aromatic carbocycles. The first kappa shape index (κ1) is 36.2. The Hall–Kier alpha value is -5.24. The van der Waals surface area contributed by atoms with Crippen LogP contribution in [0.15, 0.2) is 36.4 Å². The highest BCUT2D eigenvalue weighted by Crippen LogP contribution is 2.38. The molecule has 1 aliphatic rings. The fraction of sp³-hybridized carbons (Fsp3) is 0.444. The Morgan fingerprint density at radius 3 is 2.26 bits per heavy atom. The standard InChI is InChI=1S/C27H32N4O15S/c1-5-43-21-11-16(9-10-20(21)42-3)19(13-47(4,40)41)29-24(33)17-7-6-8-18(23(17)25(29)34)28-22(32)12-44-26(35)27(2,14-45-30(36)37)15-46-31(38)39/h6-11,19,22,28,32H,5,12-15H2,1-4H3/t19?,22-/m0/s1. The molecule has 47 heavy (non-hydrogen) atoms. The highest BCUT2D eigenvalue weighted by atomic mass is 32.2. The summed E-state index contributed by atoms with van der Waals surface area (Å²) in [6, 6.07) is 7.25. The van der Waals surface area contributed by atoms with Crippen molar-refractivity contribution in [3.05, 3.63) is 73.3 Å². The lowest BCUT2D eigenvalue weighted by Crippen LogP contribution is -2.42. The molecule has 0 fully saturated rings. The number of imide groups is 1. The molecule has 0 saturated heterocycles. The largest absolute Gasteiger partial charge is 0.493 e. The molecule has 0 saturated carbocycles. The van der Waals surface area contributed by atoms with Gasteiger partial charge < -0.3 is 34.3 Å². The number of nitrogens with zero attached hydrogens (tertiary/aromatic N) is 3. The Bertz CT molecular complexity index is 1630. The van der Waals surface area contributed by atoms with Crippen LogP contribution in [-0.4, -0.2) is 98.2 Å². The van der Waals surface area contributed by atoms with Gasteiger partial charge in [0.1, 0.15) is 35.1 Å². The van der Waals surface area contributed by atoms with Crippen molar-refractivity contribution in [1.29, 1.82) is 0 Å². The Morgan fingerprint density at radius 1 is 1.06 bits per heavy atom. The number of benzene rings is 2. The van der Waals surface area contributed by atoms with E-state index in [9.17, 15) is 48.1 Å². The van der Waals surface area contributed by atoms with Crippen LogP contribution in [0.4, 0.5) is 5.69 Å². The molecule has 2 amide bonds. The van der Waals surface area contributed by atoms with Crippen LogP contribution in [0, 0.1) is 25.6 Å². The molecule has 2 N–H and O–H groups in total. The van der Waals surface area contributed by atoms with Gasteiger partial charge in [0, 0.05) is 11.9 Å². The third-order valence-electron chi connectivity index (χ3n) is 6.76. The smallest absolute Gasteiger partial charge is 0.315 e. The van der Waals surface area contributed by atoms with Crippen LogP contribution in [0.2, 0.25) is 0 Å². The normalized spacial score (nSPS) is 14.1. The van der Waals surface area contributed by atoms with Crippen LogP contribution < -0.4 is 14.8 Å². The van der Waals surface area contributed by atoms with E-state index in [0.29, 0.717) is 5.75 Å². The summed E-state index contributed by atoms with van der Waals surface area (Å²) in [5, 5.41) is 31.9. The predicted molar refractivity (Wildman–Crippen MR) is 158 cm³/mol. The number of carbonyl (C=O) groups is 3. The van der Waals surface area contributed by atoms with Crippen LogP contribution in [0.3, 0.4) is 0 Å². The number of sulfone groups is 1. The first-order chi connectivity index (χ1) is 22.0. The van der Waals surface area contributed by atoms with Crippen molar-refractivity contribution in [2.75, 3.05) is 50.9 Å². The predicted octanol–water partition coefficient (Wildman–Crippen LogP) is 1.17. The van der Waals surface area contributed by atoms with Gasteiger partial charge in [0.2, 0.25) is 0 Å². The van der Waals surface area contributed by atoms with E-state index in [4.69, 9.17) is 14.2 Å². The van der Waals surface area contributed by atoms with Gasteiger partial charge in [-0.2, -0.15) is 0 Å². The van der Waals surface area contributed by atoms with Gasteiger partial charge in [0.25, 0.3) is 22.0 Å². The summed E-state index contributed by atoms with van der Waals surface area (Å²) in [4.78, 5) is 70.4. The number of aliphatic hydroxyl groups excluding tert-OH is 1. The number of carbonyl (C=O) groups excluding carboxylic acids is 3. The highest BCUT2D eigenvalue weighted by Gasteiger charge is 2.44. The van der Waals surface area contributed by atoms with Gasteiger partial charge in [-0.3, -0.25) is 19.3 Å². The molecule has 19 nitrogen and oxygen atoms in total. The van der Waals surface area contributed by atoms with Gasteiger partial charge >= 0.3 is 5.97 Å². The number of aliphatic hydroxyl groups is 1. The lowest BCUT2D eigenvalue weighted by atomic mass is 9.93. The topological polar surface area (TPSA) is 253 Å². The summed E-state index contributed by atoms with van der Waals surface area (Å²) in [7, 11) is -2.36. The number of rotatable bonds is 18. The zero-order chi connectivity index (χ0) is 35.1. The second-order valence-corrected chi connectivity index (χ2v) is 12.7. The summed E-state index contributed by atoms with van der Waals surface area (Å²) in [6.45, 7) is 0.242. The van der Waals surface area contributed by atoms with E-state index in [1.807, 2.05) is 0 Å². The third-order valence-corrected chi connectivity index (χ3v) is 7.68. The number of esters is 1. The monoisotopic (exact) mass is 684 g/mol. The van der Waals surface area contributed by atoms with Gasteiger partial charge in [0.05, 0.1) is 36.6 Å². The lowest BCUT2D eigenvalue weighted by Gasteiger charge is -2.27. The van der Waals surface area contributed by atoms with Gasteiger partial charge in [-0.05, 0) is 43.7 Å². The van der Waals surface area contributed by atoms with Crippen LogP contribution >= 0.6 is 0 Å². The van der Waals surface area contributed by atoms with Gasteiger partial charge in [0.15, 0.2) is 17.7 Å². The first-order valence-corrected chi connectivity index (χ1v) is 15.7. The van der Waals surface area contributed by atoms with Crippen molar-refractivity contribution < 1.29 is 62.0 Å². The van der Waals surface area contributed by atoms with Crippen LogP contribution in [0.1, 0.15) is 46.2 Å². The molecular weight excluding hydrogens is 652 g/mol. The van der Waals surface area contributed by atoms with Crippen molar-refractivity contribution in [3.8, 4) is 11.5 Å². The number of hydrogen-bond acceptors (Lipinski definition) is 16. The maximum absolute atomic E-state index is 13.8. The van der Waals surface area contributed by atoms with Crippen LogP contribution in [-0.2, 0) is 29.0 Å². The van der Waals surface area contributed by atoms with E-state index in [1.165, 1.54) is 43.5 Å². The number of methoxy groups -OCH3 is 1. The maximum Gasteiger partial charge on any atom is 0.315 e. The van der Waals surface area contributed by atoms with Gasteiger partial charge in [-0.15, -0.1) is 20.2 Å². The minimum atomic E-state index is -3.77. The first-order valence-electron chi connectivity index (χ1n) is 13.7. The number of ether oxygens (including phenoxy) is 3. The fourth-order valence-corrected chi connectivity index (χ4v) is 5.50. The molecule has 1 heterocycles. The lowest BCUT2D eigenvalue weighted by molar-refractivity contribution is -0.770. The molecule has 0 radical (unpaired) electrons. The molecule has 0 aromatic heterocycles. The Balaban J connectivity index is 1.87. The van der Waals surface area contributed by atoms with E-state index in [0.717, 1.165) is 18.1 Å². The zero-order valence-electron chi connectivity index (χ0n) is 25.6. The molecule has 1 aliphatic heterocycles. The second kappa shape index (κ2) is 14.9. The van der Waals surface area contributed by atoms with E-state index in [1.54, 1.807) is 6.92 Å². The Kier molecular flexibility index (Phi) is 11.5. The molecule has 0 aliphatic carbocycles. The number of anilines is 1. The molecule has 2 atom stereocenters. The molecule has 256 valence electrons.